The van der Waals surface area contributed by atoms with E-state index in [4.69, 9.17) is 8.83 Å². The van der Waals surface area contributed by atoms with E-state index >= 15 is 0 Å². The maximum Gasteiger partial charge on any atom is 0.143 e. The number of para-hydroxylation sites is 2. The molecule has 544 valence electrons. The Hall–Kier alpha value is -15.4. The summed E-state index contributed by atoms with van der Waals surface area (Å²) in [7, 11) is 0. The van der Waals surface area contributed by atoms with Gasteiger partial charge in [-0.3, -0.25) is 0 Å². The molecular weight excluding hydrogens is 1410 g/mol. The highest BCUT2D eigenvalue weighted by atomic mass is 16.3. The normalized spacial score (nSPS) is 11.4. The van der Waals surface area contributed by atoms with Crippen LogP contribution in [0.15, 0.2) is 458 Å². The van der Waals surface area contributed by atoms with Crippen molar-refractivity contribution in [1.82, 2.24) is 0 Å². The van der Waals surface area contributed by atoms with Gasteiger partial charge in [-0.15, -0.1) is 0 Å². The predicted octanol–water partition coefficient (Wildman–Crippen LogP) is 32.1. The highest BCUT2D eigenvalue weighted by Crippen LogP contribution is 2.47. The molecule has 0 aliphatic rings. The van der Waals surface area contributed by atoms with Crippen molar-refractivity contribution in [3.63, 3.8) is 0 Å². The lowest BCUT2D eigenvalue weighted by Crippen LogP contribution is -2.11. The minimum Gasteiger partial charge on any atom is -0.455 e. The molecule has 0 radical (unpaired) electrons. The minimum absolute atomic E-state index is 0.916. The first-order chi connectivity index (χ1) is 57.5. The standard InChI is InChI=1S/C62H41NO.C50H33NO/c1-5-15-42(16-6-1)50-36-51(43-17-7-2-8-18-43)39-55(38-50)63(56-40-52(44-19-9-3-10-20-44)37-53(41-56)45-21-11-4-12-22-45)54-31-27-46(28-32-54)48-30-33-57-49(35-48)26-25-47-29-34-59-58-23-13-14-24-60(58)64-62(59)61(47)57;1-3-11-34(12-4-1)38-15-9-17-43(32-38)51(44-18-10-16-39(33-44)35-13-5-2-6-14-35)42-27-23-36(24-28-42)40-26-29-45-41(31-40)22-21-37-25-30-47-46-19-7-8-20-48(46)52-50(47)49(37)45/h1-41H;1-33H. The van der Waals surface area contributed by atoms with Crippen LogP contribution in [-0.4, -0.2) is 0 Å². The van der Waals surface area contributed by atoms with Crippen molar-refractivity contribution in [1.29, 1.82) is 0 Å². The Bertz CT molecular complexity index is 7080. The second-order valence-electron chi connectivity index (χ2n) is 29.9. The van der Waals surface area contributed by atoms with Gasteiger partial charge < -0.3 is 18.6 Å². The van der Waals surface area contributed by atoms with Crippen molar-refractivity contribution in [2.45, 2.75) is 0 Å². The Morgan fingerprint density at radius 1 is 0.138 bits per heavy atom. The van der Waals surface area contributed by atoms with Crippen molar-refractivity contribution < 1.29 is 8.83 Å². The van der Waals surface area contributed by atoms with Crippen LogP contribution in [0.3, 0.4) is 0 Å². The number of hydrogen-bond donors (Lipinski definition) is 0. The van der Waals surface area contributed by atoms with Crippen LogP contribution in [0, 0.1) is 0 Å². The average Bonchev–Trinajstić information content (AvgIpc) is 1.60. The Balaban J connectivity index is 0.000000148. The lowest BCUT2D eigenvalue weighted by Gasteiger charge is -2.28. The van der Waals surface area contributed by atoms with E-state index in [1.165, 1.54) is 93.3 Å². The Morgan fingerprint density at radius 3 is 0.759 bits per heavy atom. The zero-order chi connectivity index (χ0) is 76.8. The van der Waals surface area contributed by atoms with Crippen LogP contribution >= 0.6 is 0 Å². The lowest BCUT2D eigenvalue weighted by atomic mass is 9.95. The third-order valence-corrected chi connectivity index (χ3v) is 22.8. The van der Waals surface area contributed by atoms with E-state index < -0.39 is 0 Å². The number of rotatable bonds is 14. The Labute approximate surface area is 673 Å². The molecule has 0 aliphatic carbocycles. The third-order valence-electron chi connectivity index (χ3n) is 22.8. The van der Waals surface area contributed by atoms with E-state index in [-0.39, 0.29) is 0 Å². The maximum absolute atomic E-state index is 6.52. The van der Waals surface area contributed by atoms with Gasteiger partial charge in [0.25, 0.3) is 0 Å². The minimum atomic E-state index is 0.916. The lowest BCUT2D eigenvalue weighted by molar-refractivity contribution is 0.672. The number of furan rings is 2. The predicted molar refractivity (Wildman–Crippen MR) is 490 cm³/mol. The van der Waals surface area contributed by atoms with E-state index in [0.29, 0.717) is 0 Å². The fourth-order valence-electron chi connectivity index (χ4n) is 17.1. The van der Waals surface area contributed by atoms with Crippen molar-refractivity contribution in [2.24, 2.45) is 0 Å². The van der Waals surface area contributed by atoms with Crippen LogP contribution in [0.5, 0.6) is 0 Å². The fourth-order valence-corrected chi connectivity index (χ4v) is 17.1. The first-order valence-electron chi connectivity index (χ1n) is 39.6. The summed E-state index contributed by atoms with van der Waals surface area (Å²) in [5.41, 5.74) is 29.0. The van der Waals surface area contributed by atoms with Crippen LogP contribution in [0.2, 0.25) is 0 Å². The van der Waals surface area contributed by atoms with E-state index in [2.05, 4.69) is 447 Å². The number of nitrogens with zero attached hydrogens (tertiary/aromatic N) is 2. The molecule has 4 heteroatoms. The molecule has 4 nitrogen and oxygen atoms in total. The van der Waals surface area contributed by atoms with E-state index in [0.717, 1.165) is 117 Å². The molecule has 0 N–H and O–H groups in total. The van der Waals surface area contributed by atoms with Gasteiger partial charge in [-0.2, -0.15) is 0 Å². The van der Waals surface area contributed by atoms with Gasteiger partial charge >= 0.3 is 0 Å². The van der Waals surface area contributed by atoms with Gasteiger partial charge in [-0.05, 0) is 243 Å². The van der Waals surface area contributed by atoms with E-state index in [9.17, 15) is 0 Å². The molecule has 0 fully saturated rings. The average molecular weight is 1480 g/mol. The number of anilines is 6. The highest BCUT2D eigenvalue weighted by Gasteiger charge is 2.22. The summed E-state index contributed by atoms with van der Waals surface area (Å²) in [6, 6.07) is 162. The molecule has 0 bridgehead atoms. The molecule has 0 amide bonds. The van der Waals surface area contributed by atoms with E-state index in [1.54, 1.807) is 0 Å². The molecule has 22 rings (SSSR count). The van der Waals surface area contributed by atoms with Gasteiger partial charge in [-0.25, -0.2) is 0 Å². The molecule has 0 saturated heterocycles. The molecule has 0 saturated carbocycles. The summed E-state index contributed by atoms with van der Waals surface area (Å²) < 4.78 is 13.0. The quantitative estimate of drug-likeness (QED) is 0.102. The molecule has 22 aromatic rings. The van der Waals surface area contributed by atoms with Gasteiger partial charge in [0.2, 0.25) is 0 Å². The number of benzene rings is 20. The molecule has 0 unspecified atom stereocenters. The zero-order valence-electron chi connectivity index (χ0n) is 63.4. The van der Waals surface area contributed by atoms with Crippen LogP contribution in [0.25, 0.3) is 176 Å². The SMILES string of the molecule is c1ccc(-c2cc(-c3ccccc3)cc(N(c3ccc(-c4ccc5c(ccc6ccc7c8ccccc8oc7c65)c4)cc3)c3cc(-c4ccccc4)cc(-c4ccccc4)c3)c2)cc1.c1ccc(-c2cccc(N(c3ccc(-c4ccc5c(ccc6ccc7c8ccccc8oc7c65)c4)cc3)c3cccc(-c4ccccc4)c3)c2)cc1. The largest absolute Gasteiger partial charge is 0.455 e. The fraction of sp³-hybridized carbons (Fsp3) is 0. The molecule has 0 spiro atoms. The molecular formula is C112H74N2O2. The van der Waals surface area contributed by atoms with Crippen LogP contribution < -0.4 is 9.80 Å². The maximum atomic E-state index is 6.52. The molecule has 2 aromatic heterocycles. The second-order valence-corrected chi connectivity index (χ2v) is 29.9. The van der Waals surface area contributed by atoms with Gasteiger partial charge in [0.1, 0.15) is 22.3 Å². The summed E-state index contributed by atoms with van der Waals surface area (Å²) in [4.78, 5) is 4.78. The zero-order valence-corrected chi connectivity index (χ0v) is 63.4. The molecule has 0 aliphatic heterocycles. The number of fused-ring (bicyclic) bond motifs is 14. The van der Waals surface area contributed by atoms with Crippen LogP contribution in [0.1, 0.15) is 0 Å². The van der Waals surface area contributed by atoms with Crippen molar-refractivity contribution in [2.75, 3.05) is 9.80 Å². The van der Waals surface area contributed by atoms with Crippen LogP contribution in [0.4, 0.5) is 34.1 Å². The summed E-state index contributed by atoms with van der Waals surface area (Å²) in [5, 5.41) is 14.0. The second kappa shape index (κ2) is 29.7. The van der Waals surface area contributed by atoms with Crippen LogP contribution in [-0.2, 0) is 0 Å². The number of hydrogen-bond acceptors (Lipinski definition) is 4. The summed E-state index contributed by atoms with van der Waals surface area (Å²) >= 11 is 0. The summed E-state index contributed by atoms with van der Waals surface area (Å²) in [6.07, 6.45) is 0. The monoisotopic (exact) mass is 1480 g/mol. The van der Waals surface area contributed by atoms with Crippen molar-refractivity contribution in [3.05, 3.63) is 449 Å². The summed E-state index contributed by atoms with van der Waals surface area (Å²) in [5.74, 6) is 0. The molecule has 0 atom stereocenters. The Morgan fingerprint density at radius 2 is 0.397 bits per heavy atom. The van der Waals surface area contributed by atoms with Gasteiger partial charge in [0.05, 0.1) is 0 Å². The molecule has 116 heavy (non-hydrogen) atoms. The Kier molecular flexibility index (Phi) is 17.6. The first kappa shape index (κ1) is 68.7. The van der Waals surface area contributed by atoms with Gasteiger partial charge in [0.15, 0.2) is 0 Å². The molecule has 20 aromatic carbocycles. The molecule has 2 heterocycles. The third kappa shape index (κ3) is 13.0. The highest BCUT2D eigenvalue weighted by molar-refractivity contribution is 6.25. The smallest absolute Gasteiger partial charge is 0.143 e. The first-order valence-corrected chi connectivity index (χ1v) is 39.6. The van der Waals surface area contributed by atoms with Crippen molar-refractivity contribution in [3.8, 4) is 89.0 Å². The van der Waals surface area contributed by atoms with E-state index in [1.807, 2.05) is 12.1 Å². The topological polar surface area (TPSA) is 32.8 Å². The van der Waals surface area contributed by atoms with Gasteiger partial charge in [0, 0.05) is 66.4 Å². The van der Waals surface area contributed by atoms with Gasteiger partial charge in [-0.1, -0.05) is 328 Å². The summed E-state index contributed by atoms with van der Waals surface area (Å²) in [6.45, 7) is 0. The van der Waals surface area contributed by atoms with Crippen molar-refractivity contribution >= 4 is 121 Å².